The third-order valence-corrected chi connectivity index (χ3v) is 6.81. The van der Waals surface area contributed by atoms with Crippen LogP contribution < -0.4 is 5.32 Å². The van der Waals surface area contributed by atoms with Gasteiger partial charge in [-0.05, 0) is 80.0 Å². The van der Waals surface area contributed by atoms with E-state index in [4.69, 9.17) is 4.74 Å². The van der Waals surface area contributed by atoms with Crippen LogP contribution in [0.15, 0.2) is 36.4 Å². The third-order valence-electron chi connectivity index (χ3n) is 6.81. The fourth-order valence-electron chi connectivity index (χ4n) is 4.92. The Hall–Kier alpha value is -2.80. The van der Waals surface area contributed by atoms with E-state index in [0.717, 1.165) is 30.9 Å². The highest BCUT2D eigenvalue weighted by Gasteiger charge is 2.39. The average molecular weight is 442 g/mol. The van der Waals surface area contributed by atoms with Gasteiger partial charge in [-0.25, -0.2) is 13.2 Å². The molecule has 0 spiro atoms. The molecule has 32 heavy (non-hydrogen) atoms. The van der Waals surface area contributed by atoms with Crippen molar-refractivity contribution in [1.82, 2.24) is 10.3 Å². The summed E-state index contributed by atoms with van der Waals surface area (Å²) in [6, 6.07) is 8.13. The van der Waals surface area contributed by atoms with Gasteiger partial charge in [0.05, 0.1) is 17.7 Å². The standard InChI is InChI=1S/C25H25F3N2O2/c1-25(6-7-32-13-25)30-24(31)16-8-14(9-16)10-19-20-11-18(27)12-21(28)23(20)29-22(19)15-2-4-17(26)5-3-15/h2-5,11-12,14,16,29H,6-10,13H2,1H3,(H,30,31). The lowest BCUT2D eigenvalue weighted by molar-refractivity contribution is -0.131. The molecule has 7 heteroatoms. The van der Waals surface area contributed by atoms with Crippen molar-refractivity contribution >= 4 is 16.8 Å². The number of amides is 1. The van der Waals surface area contributed by atoms with Gasteiger partial charge in [0.15, 0.2) is 0 Å². The molecule has 1 aromatic heterocycles. The van der Waals surface area contributed by atoms with Crippen molar-refractivity contribution in [3.05, 3.63) is 59.4 Å². The molecule has 1 unspecified atom stereocenters. The Morgan fingerprint density at radius 1 is 1.16 bits per heavy atom. The molecule has 0 bridgehead atoms. The number of aromatic nitrogens is 1. The molecule has 168 valence electrons. The first-order chi connectivity index (χ1) is 15.3. The van der Waals surface area contributed by atoms with Gasteiger partial charge >= 0.3 is 0 Å². The molecule has 1 atom stereocenters. The molecule has 1 aliphatic carbocycles. The summed E-state index contributed by atoms with van der Waals surface area (Å²) in [5, 5.41) is 3.61. The van der Waals surface area contributed by atoms with E-state index in [2.05, 4.69) is 10.3 Å². The van der Waals surface area contributed by atoms with Crippen LogP contribution in [0.5, 0.6) is 0 Å². The summed E-state index contributed by atoms with van der Waals surface area (Å²) in [5.41, 5.74) is 2.10. The van der Waals surface area contributed by atoms with E-state index < -0.39 is 11.6 Å². The van der Waals surface area contributed by atoms with Crippen LogP contribution in [0.25, 0.3) is 22.2 Å². The van der Waals surface area contributed by atoms with Gasteiger partial charge in [-0.2, -0.15) is 0 Å². The smallest absolute Gasteiger partial charge is 0.223 e. The molecule has 2 aliphatic rings. The molecule has 1 saturated carbocycles. The van der Waals surface area contributed by atoms with Crippen molar-refractivity contribution in [3.63, 3.8) is 0 Å². The molecule has 5 rings (SSSR count). The van der Waals surface area contributed by atoms with Crippen LogP contribution in [0.4, 0.5) is 13.2 Å². The van der Waals surface area contributed by atoms with Crippen LogP contribution >= 0.6 is 0 Å². The number of aromatic amines is 1. The first-order valence-corrected chi connectivity index (χ1v) is 11.0. The van der Waals surface area contributed by atoms with Crippen molar-refractivity contribution < 1.29 is 22.7 Å². The second kappa shape index (κ2) is 7.96. The Bertz CT molecular complexity index is 1160. The van der Waals surface area contributed by atoms with E-state index in [1.165, 1.54) is 18.2 Å². The number of fused-ring (bicyclic) bond motifs is 1. The number of halogens is 3. The van der Waals surface area contributed by atoms with Crippen molar-refractivity contribution in [1.29, 1.82) is 0 Å². The van der Waals surface area contributed by atoms with Gasteiger partial charge in [-0.3, -0.25) is 4.79 Å². The molecule has 3 aromatic rings. The highest BCUT2D eigenvalue weighted by molar-refractivity contribution is 5.91. The summed E-state index contributed by atoms with van der Waals surface area (Å²) in [6.45, 7) is 3.18. The lowest BCUT2D eigenvalue weighted by Crippen LogP contribution is -2.51. The number of carbonyl (C=O) groups excluding carboxylic acids is 1. The van der Waals surface area contributed by atoms with Crippen LogP contribution in [-0.2, 0) is 16.0 Å². The molecular weight excluding hydrogens is 417 g/mol. The van der Waals surface area contributed by atoms with Gasteiger partial charge in [0, 0.05) is 29.7 Å². The number of nitrogens with one attached hydrogen (secondary N) is 2. The number of benzene rings is 2. The van der Waals surface area contributed by atoms with Crippen molar-refractivity contribution in [2.75, 3.05) is 13.2 Å². The largest absolute Gasteiger partial charge is 0.379 e. The topological polar surface area (TPSA) is 54.1 Å². The van der Waals surface area contributed by atoms with Gasteiger partial charge in [-0.15, -0.1) is 0 Å². The van der Waals surface area contributed by atoms with Crippen LogP contribution in [0.2, 0.25) is 0 Å². The fraction of sp³-hybridized carbons (Fsp3) is 0.400. The quantitative estimate of drug-likeness (QED) is 0.577. The lowest BCUT2D eigenvalue weighted by Gasteiger charge is -2.37. The zero-order valence-electron chi connectivity index (χ0n) is 17.8. The normalized spacial score (nSPS) is 25.1. The molecule has 2 aromatic carbocycles. The Morgan fingerprint density at radius 3 is 2.59 bits per heavy atom. The molecular formula is C25H25F3N2O2. The Morgan fingerprint density at radius 2 is 1.91 bits per heavy atom. The van der Waals surface area contributed by atoms with E-state index in [1.54, 1.807) is 12.1 Å². The lowest BCUT2D eigenvalue weighted by atomic mass is 9.71. The summed E-state index contributed by atoms with van der Waals surface area (Å²) < 4.78 is 47.3. The Kier molecular flexibility index (Phi) is 5.24. The number of H-pyrrole nitrogens is 1. The fourth-order valence-corrected chi connectivity index (χ4v) is 4.92. The average Bonchev–Trinajstić information content (AvgIpc) is 3.29. The number of carbonyl (C=O) groups is 1. The molecule has 4 nitrogen and oxygen atoms in total. The minimum atomic E-state index is -0.660. The summed E-state index contributed by atoms with van der Waals surface area (Å²) in [7, 11) is 0. The highest BCUT2D eigenvalue weighted by Crippen LogP contribution is 2.41. The molecule has 2 fully saturated rings. The van der Waals surface area contributed by atoms with E-state index in [0.29, 0.717) is 36.3 Å². The van der Waals surface area contributed by atoms with Crippen molar-refractivity contribution in [3.8, 4) is 11.3 Å². The van der Waals surface area contributed by atoms with E-state index in [9.17, 15) is 18.0 Å². The predicted molar refractivity (Wildman–Crippen MR) is 116 cm³/mol. The zero-order valence-corrected chi connectivity index (χ0v) is 17.8. The van der Waals surface area contributed by atoms with Crippen LogP contribution in [0.1, 0.15) is 31.7 Å². The maximum Gasteiger partial charge on any atom is 0.223 e. The van der Waals surface area contributed by atoms with Gasteiger partial charge < -0.3 is 15.0 Å². The van der Waals surface area contributed by atoms with Crippen LogP contribution in [-0.4, -0.2) is 29.6 Å². The maximum absolute atomic E-state index is 14.5. The van der Waals surface area contributed by atoms with Crippen LogP contribution in [0, 0.1) is 29.3 Å². The Labute approximate surface area is 184 Å². The van der Waals surface area contributed by atoms with E-state index >= 15 is 0 Å². The first kappa shape index (κ1) is 21.1. The SMILES string of the molecule is CC1(NC(=O)C2CC(Cc3c(-c4ccc(F)cc4)[nH]c4c(F)cc(F)cc34)C2)CCOC1. The molecule has 0 radical (unpaired) electrons. The maximum atomic E-state index is 14.5. The minimum absolute atomic E-state index is 0.0454. The monoisotopic (exact) mass is 442 g/mol. The van der Waals surface area contributed by atoms with Gasteiger partial charge in [0.1, 0.15) is 17.5 Å². The van der Waals surface area contributed by atoms with E-state index in [-0.39, 0.29) is 34.6 Å². The minimum Gasteiger partial charge on any atom is -0.379 e. The molecule has 2 heterocycles. The predicted octanol–water partition coefficient (Wildman–Crippen LogP) is 5.12. The number of rotatable bonds is 5. The summed E-state index contributed by atoms with van der Waals surface area (Å²) in [5.74, 6) is -1.46. The number of hydrogen-bond donors (Lipinski definition) is 2. The highest BCUT2D eigenvalue weighted by atomic mass is 19.1. The van der Waals surface area contributed by atoms with Gasteiger partial charge in [-0.1, -0.05) is 0 Å². The first-order valence-electron chi connectivity index (χ1n) is 11.0. The summed E-state index contributed by atoms with van der Waals surface area (Å²) in [6.07, 6.45) is 2.83. The Balaban J connectivity index is 1.37. The number of ether oxygens (including phenoxy) is 1. The summed E-state index contributed by atoms with van der Waals surface area (Å²) >= 11 is 0. The number of hydrogen-bond acceptors (Lipinski definition) is 2. The third kappa shape index (κ3) is 3.90. The zero-order chi connectivity index (χ0) is 22.5. The van der Waals surface area contributed by atoms with Crippen molar-refractivity contribution in [2.24, 2.45) is 11.8 Å². The van der Waals surface area contributed by atoms with Crippen molar-refractivity contribution in [2.45, 2.75) is 38.1 Å². The van der Waals surface area contributed by atoms with E-state index in [1.807, 2.05) is 6.92 Å². The molecule has 1 amide bonds. The summed E-state index contributed by atoms with van der Waals surface area (Å²) in [4.78, 5) is 15.7. The molecule has 2 N–H and O–H groups in total. The molecule has 1 saturated heterocycles. The van der Waals surface area contributed by atoms with Gasteiger partial charge in [0.25, 0.3) is 0 Å². The molecule has 1 aliphatic heterocycles. The van der Waals surface area contributed by atoms with Gasteiger partial charge in [0.2, 0.25) is 5.91 Å². The second-order valence-electron chi connectivity index (χ2n) is 9.39. The van der Waals surface area contributed by atoms with Crippen LogP contribution in [0.3, 0.4) is 0 Å². The second-order valence-corrected chi connectivity index (χ2v) is 9.39.